The van der Waals surface area contributed by atoms with Crippen LogP contribution in [0.3, 0.4) is 0 Å². The van der Waals surface area contributed by atoms with Gasteiger partial charge in [0.2, 0.25) is 0 Å². The first-order valence-corrected chi connectivity index (χ1v) is 4.69. The van der Waals surface area contributed by atoms with Gasteiger partial charge in [0.1, 0.15) is 0 Å². The summed E-state index contributed by atoms with van der Waals surface area (Å²) in [6.07, 6.45) is 4.26. The molecule has 1 aromatic carbocycles. The van der Waals surface area contributed by atoms with Gasteiger partial charge in [0.15, 0.2) is 0 Å². The predicted octanol–water partition coefficient (Wildman–Crippen LogP) is 3.02. The van der Waals surface area contributed by atoms with Gasteiger partial charge in [0.05, 0.1) is 0 Å². The Morgan fingerprint density at radius 1 is 1.38 bits per heavy atom. The van der Waals surface area contributed by atoms with Crippen LogP contribution < -0.4 is 5.73 Å². The van der Waals surface area contributed by atoms with Crippen molar-refractivity contribution >= 4 is 5.69 Å². The second-order valence-electron chi connectivity index (χ2n) is 3.49. The van der Waals surface area contributed by atoms with Crippen LogP contribution in [0.25, 0.3) is 0 Å². The van der Waals surface area contributed by atoms with Crippen LogP contribution in [0.4, 0.5) is 5.69 Å². The summed E-state index contributed by atoms with van der Waals surface area (Å²) in [5.41, 5.74) is 7.78. The van der Waals surface area contributed by atoms with Crippen molar-refractivity contribution in [2.75, 3.05) is 5.73 Å². The molecule has 0 heterocycles. The quantitative estimate of drug-likeness (QED) is 0.552. The van der Waals surface area contributed by atoms with Crippen LogP contribution >= 0.6 is 0 Å². The third kappa shape index (κ3) is 3.32. The molecule has 0 aliphatic heterocycles. The lowest BCUT2D eigenvalue weighted by molar-refractivity contribution is 0.649. The maximum absolute atomic E-state index is 5.59. The number of nitrogens with two attached hydrogens (primary N) is 1. The fourth-order valence-electron chi connectivity index (χ4n) is 1.20. The van der Waals surface area contributed by atoms with Gasteiger partial charge < -0.3 is 5.73 Å². The molecule has 1 heteroatoms. The molecule has 0 radical (unpaired) electrons. The summed E-state index contributed by atoms with van der Waals surface area (Å²) in [4.78, 5) is 0. The zero-order chi connectivity index (χ0) is 9.68. The van der Waals surface area contributed by atoms with Gasteiger partial charge in [-0.3, -0.25) is 0 Å². The van der Waals surface area contributed by atoms with E-state index in [9.17, 15) is 0 Å². The van der Waals surface area contributed by atoms with E-state index in [0.29, 0.717) is 5.92 Å². The van der Waals surface area contributed by atoms with Gasteiger partial charge in [-0.1, -0.05) is 25.1 Å². The topological polar surface area (TPSA) is 26.0 Å². The SMILES string of the molecule is C=CC(C)CCc1ccc(N)cc1. The Labute approximate surface area is 80.3 Å². The van der Waals surface area contributed by atoms with E-state index in [-0.39, 0.29) is 0 Å². The number of anilines is 1. The van der Waals surface area contributed by atoms with Crippen molar-refractivity contribution in [3.8, 4) is 0 Å². The molecule has 2 N–H and O–H groups in total. The predicted molar refractivity (Wildman–Crippen MR) is 58.5 cm³/mol. The standard InChI is InChI=1S/C12H17N/c1-3-10(2)4-5-11-6-8-12(13)9-7-11/h3,6-10H,1,4-5,13H2,2H3. The molecule has 0 aliphatic rings. The summed E-state index contributed by atoms with van der Waals surface area (Å²) in [7, 11) is 0. The van der Waals surface area contributed by atoms with Gasteiger partial charge in [0.25, 0.3) is 0 Å². The largest absolute Gasteiger partial charge is 0.399 e. The highest BCUT2D eigenvalue weighted by Gasteiger charge is 1.97. The van der Waals surface area contributed by atoms with Crippen molar-refractivity contribution in [3.63, 3.8) is 0 Å². The van der Waals surface area contributed by atoms with Crippen LogP contribution in [0.2, 0.25) is 0 Å². The van der Waals surface area contributed by atoms with Crippen LogP contribution in [0.15, 0.2) is 36.9 Å². The summed E-state index contributed by atoms with van der Waals surface area (Å²) in [6.45, 7) is 5.95. The van der Waals surface area contributed by atoms with Crippen molar-refractivity contribution in [1.82, 2.24) is 0 Å². The minimum absolute atomic E-state index is 0.595. The molecule has 0 aliphatic carbocycles. The summed E-state index contributed by atoms with van der Waals surface area (Å²) >= 11 is 0. The molecule has 1 atom stereocenters. The van der Waals surface area contributed by atoms with E-state index < -0.39 is 0 Å². The highest BCUT2D eigenvalue weighted by molar-refractivity contribution is 5.39. The van der Waals surface area contributed by atoms with E-state index >= 15 is 0 Å². The monoisotopic (exact) mass is 175 g/mol. The zero-order valence-corrected chi connectivity index (χ0v) is 8.16. The fourth-order valence-corrected chi connectivity index (χ4v) is 1.20. The fraction of sp³-hybridized carbons (Fsp3) is 0.333. The molecular formula is C12H17N. The Hall–Kier alpha value is -1.24. The minimum atomic E-state index is 0.595. The number of nitrogen functional groups attached to an aromatic ring is 1. The van der Waals surface area contributed by atoms with E-state index in [0.717, 1.165) is 18.5 Å². The molecule has 0 aromatic heterocycles. The maximum atomic E-state index is 5.59. The summed E-state index contributed by atoms with van der Waals surface area (Å²) < 4.78 is 0. The average molecular weight is 175 g/mol. The summed E-state index contributed by atoms with van der Waals surface area (Å²) in [6, 6.07) is 8.08. The van der Waals surface area contributed by atoms with E-state index in [2.05, 4.69) is 25.6 Å². The molecule has 0 fully saturated rings. The third-order valence-electron chi connectivity index (χ3n) is 2.27. The van der Waals surface area contributed by atoms with Gasteiger partial charge in [-0.15, -0.1) is 6.58 Å². The molecule has 1 aromatic rings. The van der Waals surface area contributed by atoms with Gasteiger partial charge in [-0.2, -0.15) is 0 Å². The first-order chi connectivity index (χ1) is 6.22. The number of allylic oxidation sites excluding steroid dienone is 1. The van der Waals surface area contributed by atoms with Gasteiger partial charge >= 0.3 is 0 Å². The lowest BCUT2D eigenvalue weighted by atomic mass is 10.0. The van der Waals surface area contributed by atoms with E-state index in [4.69, 9.17) is 5.73 Å². The van der Waals surface area contributed by atoms with Gasteiger partial charge in [-0.25, -0.2) is 0 Å². The number of hydrogen-bond donors (Lipinski definition) is 1. The Kier molecular flexibility index (Phi) is 3.56. The van der Waals surface area contributed by atoms with E-state index in [1.807, 2.05) is 18.2 Å². The van der Waals surface area contributed by atoms with Crippen molar-refractivity contribution in [3.05, 3.63) is 42.5 Å². The van der Waals surface area contributed by atoms with E-state index in [1.54, 1.807) is 0 Å². The minimum Gasteiger partial charge on any atom is -0.399 e. The molecule has 0 amide bonds. The first kappa shape index (κ1) is 9.85. The molecule has 0 saturated heterocycles. The third-order valence-corrected chi connectivity index (χ3v) is 2.27. The normalized spacial score (nSPS) is 12.4. The zero-order valence-electron chi connectivity index (χ0n) is 8.16. The Morgan fingerprint density at radius 3 is 2.54 bits per heavy atom. The number of hydrogen-bond acceptors (Lipinski definition) is 1. The highest BCUT2D eigenvalue weighted by Crippen LogP contribution is 2.11. The molecule has 1 unspecified atom stereocenters. The second kappa shape index (κ2) is 4.70. The second-order valence-corrected chi connectivity index (χ2v) is 3.49. The van der Waals surface area contributed by atoms with Gasteiger partial charge in [-0.05, 0) is 36.5 Å². The molecule has 0 saturated carbocycles. The van der Waals surface area contributed by atoms with Crippen molar-refractivity contribution in [2.24, 2.45) is 5.92 Å². The molecule has 70 valence electrons. The Bertz CT molecular complexity index is 261. The highest BCUT2D eigenvalue weighted by atomic mass is 14.5. The number of benzene rings is 1. The summed E-state index contributed by atoms with van der Waals surface area (Å²) in [5.74, 6) is 0.595. The van der Waals surface area contributed by atoms with Crippen LogP contribution in [-0.2, 0) is 6.42 Å². The van der Waals surface area contributed by atoms with Crippen molar-refractivity contribution < 1.29 is 0 Å². The molecule has 1 nitrogen and oxygen atoms in total. The first-order valence-electron chi connectivity index (χ1n) is 4.69. The Morgan fingerprint density at radius 2 is 2.00 bits per heavy atom. The van der Waals surface area contributed by atoms with Crippen LogP contribution in [0.5, 0.6) is 0 Å². The maximum Gasteiger partial charge on any atom is 0.0314 e. The van der Waals surface area contributed by atoms with Crippen LogP contribution in [0.1, 0.15) is 18.9 Å². The number of rotatable bonds is 4. The number of aryl methyl sites for hydroxylation is 1. The van der Waals surface area contributed by atoms with Gasteiger partial charge in [0, 0.05) is 5.69 Å². The molecular weight excluding hydrogens is 158 g/mol. The van der Waals surface area contributed by atoms with Crippen molar-refractivity contribution in [2.45, 2.75) is 19.8 Å². The lowest BCUT2D eigenvalue weighted by Crippen LogP contribution is -1.93. The van der Waals surface area contributed by atoms with Crippen LogP contribution in [0, 0.1) is 5.92 Å². The average Bonchev–Trinajstić information content (AvgIpc) is 2.16. The van der Waals surface area contributed by atoms with E-state index in [1.165, 1.54) is 5.56 Å². The molecule has 0 bridgehead atoms. The smallest absolute Gasteiger partial charge is 0.0314 e. The lowest BCUT2D eigenvalue weighted by Gasteiger charge is -2.05. The molecule has 1 rings (SSSR count). The summed E-state index contributed by atoms with van der Waals surface area (Å²) in [5, 5.41) is 0. The molecule has 13 heavy (non-hydrogen) atoms. The van der Waals surface area contributed by atoms with Crippen LogP contribution in [-0.4, -0.2) is 0 Å². The van der Waals surface area contributed by atoms with Crippen molar-refractivity contribution in [1.29, 1.82) is 0 Å². The Balaban J connectivity index is 2.45. The molecule has 0 spiro atoms.